The number of aromatic nitrogens is 2. The largest absolute Gasteiger partial charge is 0.369 e. The fraction of sp³-hybridized carbons (Fsp3) is 0.333. The fourth-order valence-electron chi connectivity index (χ4n) is 1.63. The molecule has 15 heavy (non-hydrogen) atoms. The Bertz CT molecular complexity index is 528. The van der Waals surface area contributed by atoms with Crippen molar-refractivity contribution in [1.82, 2.24) is 9.97 Å². The first-order chi connectivity index (χ1) is 7.00. The molecule has 0 amide bonds. The van der Waals surface area contributed by atoms with Crippen LogP contribution in [-0.2, 0) is 0 Å². The first-order valence-corrected chi connectivity index (χ1v) is 4.54. The molecule has 78 valence electrons. The number of nitrogen functional groups attached to an aromatic ring is 1. The van der Waals surface area contributed by atoms with Crippen LogP contribution in [0.3, 0.4) is 0 Å². The van der Waals surface area contributed by atoms with Crippen molar-refractivity contribution >= 4 is 17.5 Å². The molecule has 6 heteroatoms. The lowest BCUT2D eigenvalue weighted by Gasteiger charge is -2.18. The molecular formula is C9H11N5O. The molecule has 0 aromatic carbocycles. The molecule has 2 rings (SSSR count). The Morgan fingerprint density at radius 1 is 1.53 bits per heavy atom. The van der Waals surface area contributed by atoms with E-state index in [0.717, 1.165) is 0 Å². The van der Waals surface area contributed by atoms with Crippen molar-refractivity contribution in [3.05, 3.63) is 21.6 Å². The van der Waals surface area contributed by atoms with Gasteiger partial charge in [-0.1, -0.05) is 0 Å². The quantitative estimate of drug-likeness (QED) is 0.565. The zero-order valence-corrected chi connectivity index (χ0v) is 8.46. The van der Waals surface area contributed by atoms with Gasteiger partial charge in [-0.2, -0.15) is 0 Å². The van der Waals surface area contributed by atoms with Crippen LogP contribution in [0, 0.1) is 5.41 Å². The minimum Gasteiger partial charge on any atom is -0.369 e. The molecule has 0 saturated carbocycles. The normalized spacial score (nSPS) is 19.7. The van der Waals surface area contributed by atoms with Gasteiger partial charge < -0.3 is 5.73 Å². The lowest BCUT2D eigenvalue weighted by atomic mass is 9.96. The number of hydrogen-bond acceptors (Lipinski definition) is 4. The molecule has 6 nitrogen and oxygen atoms in total. The highest BCUT2D eigenvalue weighted by Gasteiger charge is 2.26. The average Bonchev–Trinajstić information content (AvgIpc) is 2.12. The number of nitrogens with zero attached hydrogens (tertiary/aromatic N) is 2. The molecule has 4 N–H and O–H groups in total. The van der Waals surface area contributed by atoms with E-state index in [4.69, 9.17) is 11.1 Å². The molecule has 0 saturated heterocycles. The summed E-state index contributed by atoms with van der Waals surface area (Å²) in [5.41, 5.74) is 6.65. The SMILES string of the molecule is CC1=NC(=N)C(C)c2nc(N)[nH]c(=O)c21. The topological polar surface area (TPSA) is 108 Å². The maximum absolute atomic E-state index is 11.6. The minimum absolute atomic E-state index is 0.0769. The summed E-state index contributed by atoms with van der Waals surface area (Å²) >= 11 is 0. The summed E-state index contributed by atoms with van der Waals surface area (Å²) in [5, 5.41) is 7.62. The van der Waals surface area contributed by atoms with Crippen molar-refractivity contribution < 1.29 is 0 Å². The first kappa shape index (κ1) is 9.57. The standard InChI is InChI=1S/C9H11N5O/c1-3-6-5(4(2)12-7(3)10)8(15)14-9(11)13-6/h3,10H,1-2H3,(H3,11,13,14,15). The van der Waals surface area contributed by atoms with Crippen molar-refractivity contribution in [2.24, 2.45) is 4.99 Å². The molecule has 1 aromatic rings. The number of anilines is 1. The van der Waals surface area contributed by atoms with Crippen LogP contribution >= 0.6 is 0 Å². The first-order valence-electron chi connectivity index (χ1n) is 4.54. The molecule has 1 aliphatic rings. The van der Waals surface area contributed by atoms with Crippen molar-refractivity contribution in [3.63, 3.8) is 0 Å². The van der Waals surface area contributed by atoms with Gasteiger partial charge in [0.1, 0.15) is 5.84 Å². The van der Waals surface area contributed by atoms with Crippen molar-refractivity contribution in [2.45, 2.75) is 19.8 Å². The van der Waals surface area contributed by atoms with E-state index in [0.29, 0.717) is 17.0 Å². The summed E-state index contributed by atoms with van der Waals surface area (Å²) < 4.78 is 0. The third-order valence-corrected chi connectivity index (χ3v) is 2.44. The summed E-state index contributed by atoms with van der Waals surface area (Å²) in [6.45, 7) is 3.47. The Hall–Kier alpha value is -1.98. The van der Waals surface area contributed by atoms with Crippen molar-refractivity contribution in [2.75, 3.05) is 5.73 Å². The smallest absolute Gasteiger partial charge is 0.261 e. The number of amidine groups is 1. The van der Waals surface area contributed by atoms with E-state index in [9.17, 15) is 4.79 Å². The number of aromatic amines is 1. The summed E-state index contributed by atoms with van der Waals surface area (Å²) in [5.74, 6) is -0.00102. The molecule has 1 aliphatic heterocycles. The van der Waals surface area contributed by atoms with Crippen LogP contribution in [0.15, 0.2) is 9.79 Å². The predicted molar refractivity (Wildman–Crippen MR) is 57.6 cm³/mol. The highest BCUT2D eigenvalue weighted by Crippen LogP contribution is 2.22. The minimum atomic E-state index is -0.293. The fourth-order valence-corrected chi connectivity index (χ4v) is 1.63. The molecular weight excluding hydrogens is 194 g/mol. The molecule has 1 aromatic heterocycles. The van der Waals surface area contributed by atoms with E-state index in [1.807, 2.05) is 0 Å². The Morgan fingerprint density at radius 3 is 2.87 bits per heavy atom. The molecule has 1 unspecified atom stereocenters. The summed E-state index contributed by atoms with van der Waals surface area (Å²) in [6.07, 6.45) is 0. The zero-order chi connectivity index (χ0) is 11.2. The second-order valence-electron chi connectivity index (χ2n) is 3.52. The molecule has 0 fully saturated rings. The summed E-state index contributed by atoms with van der Waals surface area (Å²) in [6, 6.07) is 0. The van der Waals surface area contributed by atoms with E-state index >= 15 is 0 Å². The highest BCUT2D eigenvalue weighted by atomic mass is 16.1. The van der Waals surface area contributed by atoms with E-state index in [1.54, 1.807) is 13.8 Å². The van der Waals surface area contributed by atoms with Gasteiger partial charge in [-0.25, -0.2) is 9.98 Å². The van der Waals surface area contributed by atoms with E-state index in [-0.39, 0.29) is 23.3 Å². The number of nitrogens with two attached hydrogens (primary N) is 1. The number of nitrogens with one attached hydrogen (secondary N) is 2. The third-order valence-electron chi connectivity index (χ3n) is 2.44. The second kappa shape index (κ2) is 3.01. The van der Waals surface area contributed by atoms with Crippen LogP contribution in [0.25, 0.3) is 0 Å². The predicted octanol–water partition coefficient (Wildman–Crippen LogP) is 0.255. The van der Waals surface area contributed by atoms with Crippen LogP contribution in [-0.4, -0.2) is 21.5 Å². The van der Waals surface area contributed by atoms with Crippen LogP contribution in [0.4, 0.5) is 5.95 Å². The lowest BCUT2D eigenvalue weighted by molar-refractivity contribution is 0.892. The molecule has 0 bridgehead atoms. The number of H-pyrrole nitrogens is 1. The molecule has 0 spiro atoms. The van der Waals surface area contributed by atoms with Gasteiger partial charge in [0.2, 0.25) is 5.95 Å². The van der Waals surface area contributed by atoms with Crippen molar-refractivity contribution in [3.8, 4) is 0 Å². The number of rotatable bonds is 0. The van der Waals surface area contributed by atoms with Gasteiger partial charge in [0.25, 0.3) is 5.56 Å². The summed E-state index contributed by atoms with van der Waals surface area (Å²) in [4.78, 5) is 22.1. The third kappa shape index (κ3) is 1.34. The number of aliphatic imine (C=N–C) groups is 1. The number of hydrogen-bond donors (Lipinski definition) is 3. The maximum atomic E-state index is 11.6. The Morgan fingerprint density at radius 2 is 2.20 bits per heavy atom. The van der Waals surface area contributed by atoms with Crippen LogP contribution in [0.1, 0.15) is 31.0 Å². The van der Waals surface area contributed by atoms with E-state index < -0.39 is 0 Å². The van der Waals surface area contributed by atoms with Crippen LogP contribution < -0.4 is 11.3 Å². The van der Waals surface area contributed by atoms with Gasteiger partial charge in [0.15, 0.2) is 0 Å². The second-order valence-corrected chi connectivity index (χ2v) is 3.52. The highest BCUT2D eigenvalue weighted by molar-refractivity contribution is 6.11. The zero-order valence-electron chi connectivity index (χ0n) is 8.46. The monoisotopic (exact) mass is 205 g/mol. The van der Waals surface area contributed by atoms with Gasteiger partial charge in [0.05, 0.1) is 22.9 Å². The Kier molecular flexibility index (Phi) is 1.92. The van der Waals surface area contributed by atoms with E-state index in [1.165, 1.54) is 0 Å². The van der Waals surface area contributed by atoms with Gasteiger partial charge in [-0.3, -0.25) is 15.2 Å². The Labute approximate surface area is 85.8 Å². The Balaban J connectivity index is 2.81. The van der Waals surface area contributed by atoms with Crippen molar-refractivity contribution in [1.29, 1.82) is 5.41 Å². The summed E-state index contributed by atoms with van der Waals surface area (Å²) in [7, 11) is 0. The molecule has 2 heterocycles. The van der Waals surface area contributed by atoms with Crippen LogP contribution in [0.2, 0.25) is 0 Å². The molecule has 1 atom stereocenters. The molecule has 0 radical (unpaired) electrons. The number of fused-ring (bicyclic) bond motifs is 1. The average molecular weight is 205 g/mol. The van der Waals surface area contributed by atoms with Gasteiger partial charge >= 0.3 is 0 Å². The maximum Gasteiger partial charge on any atom is 0.261 e. The van der Waals surface area contributed by atoms with Gasteiger partial charge in [-0.15, -0.1) is 0 Å². The van der Waals surface area contributed by atoms with Crippen LogP contribution in [0.5, 0.6) is 0 Å². The molecule has 0 aliphatic carbocycles. The van der Waals surface area contributed by atoms with Gasteiger partial charge in [-0.05, 0) is 13.8 Å². The van der Waals surface area contributed by atoms with Gasteiger partial charge in [0, 0.05) is 0 Å². The lowest BCUT2D eigenvalue weighted by Crippen LogP contribution is -2.29. The van der Waals surface area contributed by atoms with E-state index in [2.05, 4.69) is 15.0 Å².